The van der Waals surface area contributed by atoms with Crippen molar-refractivity contribution < 1.29 is 9.53 Å². The number of morpholine rings is 1. The van der Waals surface area contributed by atoms with Crippen molar-refractivity contribution in [1.82, 2.24) is 10.2 Å². The fourth-order valence-corrected chi connectivity index (χ4v) is 3.36. The highest BCUT2D eigenvalue weighted by molar-refractivity contribution is 7.07. The third-order valence-electron chi connectivity index (χ3n) is 3.80. The van der Waals surface area contributed by atoms with Gasteiger partial charge >= 0.3 is 6.03 Å². The number of hydrogen-bond acceptors (Lipinski definition) is 3. The summed E-state index contributed by atoms with van der Waals surface area (Å²) in [4.78, 5) is 14.2. The first-order chi connectivity index (χ1) is 11.7. The molecule has 1 aliphatic rings. The minimum atomic E-state index is -0.0901. The second-order valence-corrected chi connectivity index (χ2v) is 6.50. The number of nitrogens with zero attached hydrogens (tertiary/aromatic N) is 1. The summed E-state index contributed by atoms with van der Waals surface area (Å²) in [5.74, 6) is 6.02. The molecule has 2 amide bonds. The molecular formula is C19H20N2O2S. The summed E-state index contributed by atoms with van der Waals surface area (Å²) in [5, 5.41) is 6.97. The van der Waals surface area contributed by atoms with E-state index in [9.17, 15) is 4.79 Å². The molecule has 124 valence electrons. The maximum absolute atomic E-state index is 12.4. The fourth-order valence-electron chi connectivity index (χ4n) is 2.66. The molecule has 2 heterocycles. The van der Waals surface area contributed by atoms with Gasteiger partial charge in [0.2, 0.25) is 0 Å². The van der Waals surface area contributed by atoms with Crippen LogP contribution in [0.15, 0.2) is 47.2 Å². The van der Waals surface area contributed by atoms with Gasteiger partial charge in [0, 0.05) is 12.1 Å². The molecule has 1 aliphatic heterocycles. The lowest BCUT2D eigenvalue weighted by Gasteiger charge is -2.36. The second-order valence-electron chi connectivity index (χ2n) is 5.72. The fraction of sp³-hybridized carbons (Fsp3) is 0.316. The van der Waals surface area contributed by atoms with Crippen LogP contribution in [0.1, 0.15) is 24.2 Å². The number of nitrogens with one attached hydrogen (secondary N) is 1. The van der Waals surface area contributed by atoms with Crippen LogP contribution in [0.2, 0.25) is 0 Å². The molecule has 4 nitrogen and oxygen atoms in total. The molecule has 2 aromatic rings. The van der Waals surface area contributed by atoms with E-state index in [0.717, 1.165) is 11.1 Å². The van der Waals surface area contributed by atoms with Crippen LogP contribution in [-0.4, -0.2) is 36.7 Å². The Balaban J connectivity index is 1.53. The van der Waals surface area contributed by atoms with Crippen molar-refractivity contribution in [3.05, 3.63) is 58.3 Å². The van der Waals surface area contributed by atoms with E-state index in [2.05, 4.69) is 28.6 Å². The number of amides is 2. The van der Waals surface area contributed by atoms with E-state index in [-0.39, 0.29) is 18.2 Å². The molecule has 0 spiro atoms. The van der Waals surface area contributed by atoms with Gasteiger partial charge in [-0.05, 0) is 41.4 Å². The predicted molar refractivity (Wildman–Crippen MR) is 95.9 cm³/mol. The van der Waals surface area contributed by atoms with Crippen LogP contribution in [0.4, 0.5) is 4.79 Å². The Labute approximate surface area is 146 Å². The Morgan fingerprint density at radius 1 is 1.33 bits per heavy atom. The van der Waals surface area contributed by atoms with E-state index in [4.69, 9.17) is 4.74 Å². The van der Waals surface area contributed by atoms with Crippen LogP contribution in [0.25, 0.3) is 0 Å². The summed E-state index contributed by atoms with van der Waals surface area (Å²) < 4.78 is 5.95. The van der Waals surface area contributed by atoms with Gasteiger partial charge in [-0.15, -0.1) is 0 Å². The van der Waals surface area contributed by atoms with Crippen LogP contribution in [0.3, 0.4) is 0 Å². The first-order valence-corrected chi connectivity index (χ1v) is 8.91. The monoisotopic (exact) mass is 340 g/mol. The van der Waals surface area contributed by atoms with Gasteiger partial charge in [0.15, 0.2) is 0 Å². The summed E-state index contributed by atoms with van der Waals surface area (Å²) in [6, 6.07) is 11.7. The number of carbonyl (C=O) groups is 1. The van der Waals surface area contributed by atoms with Crippen LogP contribution < -0.4 is 5.32 Å². The SMILES string of the molecule is CC1CN(C(=O)NCC#Cc2ccccc2)CC(c2ccsc2)O1. The molecule has 1 saturated heterocycles. The largest absolute Gasteiger partial charge is 0.367 e. The van der Waals surface area contributed by atoms with Crippen molar-refractivity contribution >= 4 is 17.4 Å². The van der Waals surface area contributed by atoms with E-state index in [0.29, 0.717) is 19.6 Å². The van der Waals surface area contributed by atoms with Crippen molar-refractivity contribution in [1.29, 1.82) is 0 Å². The lowest BCUT2D eigenvalue weighted by molar-refractivity contribution is -0.0654. The molecule has 1 fully saturated rings. The number of hydrogen-bond donors (Lipinski definition) is 1. The standard InChI is InChI=1S/C19H20N2O2S/c1-15-12-21(13-18(23-15)17-9-11-24-14-17)19(22)20-10-5-8-16-6-3-2-4-7-16/h2-4,6-7,9,11,14-15,18H,10,12-13H2,1H3,(H,20,22). The van der Waals surface area contributed by atoms with E-state index < -0.39 is 0 Å². The third-order valence-corrected chi connectivity index (χ3v) is 4.50. The molecule has 1 N–H and O–H groups in total. The van der Waals surface area contributed by atoms with Crippen LogP contribution in [0.5, 0.6) is 0 Å². The Bertz CT molecular complexity index is 719. The first-order valence-electron chi connectivity index (χ1n) is 7.96. The summed E-state index contributed by atoms with van der Waals surface area (Å²) in [6.07, 6.45) is -0.0362. The average Bonchev–Trinajstić information content (AvgIpc) is 3.13. The number of carbonyl (C=O) groups excluding carboxylic acids is 1. The average molecular weight is 340 g/mol. The van der Waals surface area contributed by atoms with Gasteiger partial charge < -0.3 is 15.0 Å². The smallest absolute Gasteiger partial charge is 0.318 e. The number of benzene rings is 1. The zero-order valence-corrected chi connectivity index (χ0v) is 14.4. The number of urea groups is 1. The third kappa shape index (κ3) is 4.38. The zero-order valence-electron chi connectivity index (χ0n) is 13.6. The van der Waals surface area contributed by atoms with Crippen molar-refractivity contribution in [3.63, 3.8) is 0 Å². The molecule has 0 aliphatic carbocycles. The molecule has 0 bridgehead atoms. The summed E-state index contributed by atoms with van der Waals surface area (Å²) in [6.45, 7) is 3.49. The molecule has 2 unspecified atom stereocenters. The molecule has 3 rings (SSSR count). The normalized spacial score (nSPS) is 20.1. The lowest BCUT2D eigenvalue weighted by atomic mass is 10.1. The van der Waals surface area contributed by atoms with Crippen molar-refractivity contribution in [2.75, 3.05) is 19.6 Å². The second kappa shape index (κ2) is 8.00. The van der Waals surface area contributed by atoms with E-state index in [1.54, 1.807) is 16.2 Å². The Morgan fingerprint density at radius 2 is 2.17 bits per heavy atom. The molecule has 1 aromatic carbocycles. The number of thiophene rings is 1. The number of rotatable bonds is 2. The summed E-state index contributed by atoms with van der Waals surface area (Å²) >= 11 is 1.64. The van der Waals surface area contributed by atoms with E-state index in [1.807, 2.05) is 42.6 Å². The first kappa shape index (κ1) is 16.6. The van der Waals surface area contributed by atoms with Crippen LogP contribution >= 0.6 is 11.3 Å². The topological polar surface area (TPSA) is 41.6 Å². The highest BCUT2D eigenvalue weighted by Gasteiger charge is 2.29. The van der Waals surface area contributed by atoms with Crippen molar-refractivity contribution in [2.45, 2.75) is 19.1 Å². The minimum Gasteiger partial charge on any atom is -0.367 e. The van der Waals surface area contributed by atoms with E-state index in [1.165, 1.54) is 0 Å². The summed E-state index contributed by atoms with van der Waals surface area (Å²) in [5.41, 5.74) is 2.08. The summed E-state index contributed by atoms with van der Waals surface area (Å²) in [7, 11) is 0. The minimum absolute atomic E-state index is 0.0183. The maximum Gasteiger partial charge on any atom is 0.318 e. The van der Waals surface area contributed by atoms with Gasteiger partial charge in [-0.3, -0.25) is 0 Å². The Kier molecular flexibility index (Phi) is 5.52. The molecule has 24 heavy (non-hydrogen) atoms. The van der Waals surface area contributed by atoms with Gasteiger partial charge in [0.1, 0.15) is 6.10 Å². The zero-order chi connectivity index (χ0) is 16.8. The van der Waals surface area contributed by atoms with Gasteiger partial charge in [-0.2, -0.15) is 11.3 Å². The Morgan fingerprint density at radius 3 is 2.92 bits per heavy atom. The van der Waals surface area contributed by atoms with Crippen LogP contribution in [0, 0.1) is 11.8 Å². The molecule has 5 heteroatoms. The molecule has 2 atom stereocenters. The van der Waals surface area contributed by atoms with Gasteiger partial charge in [-0.1, -0.05) is 30.0 Å². The van der Waals surface area contributed by atoms with Gasteiger partial charge in [-0.25, -0.2) is 4.79 Å². The molecule has 0 radical (unpaired) electrons. The van der Waals surface area contributed by atoms with Crippen LogP contribution in [-0.2, 0) is 4.74 Å². The van der Waals surface area contributed by atoms with Crippen molar-refractivity contribution in [2.24, 2.45) is 0 Å². The van der Waals surface area contributed by atoms with Gasteiger partial charge in [0.05, 0.1) is 19.2 Å². The molecular weight excluding hydrogens is 320 g/mol. The lowest BCUT2D eigenvalue weighted by Crippen LogP contribution is -2.49. The number of ether oxygens (including phenoxy) is 1. The predicted octanol–water partition coefficient (Wildman–Crippen LogP) is 3.27. The highest BCUT2D eigenvalue weighted by Crippen LogP contribution is 2.26. The molecule has 1 aromatic heterocycles. The van der Waals surface area contributed by atoms with E-state index >= 15 is 0 Å². The van der Waals surface area contributed by atoms with Crippen molar-refractivity contribution in [3.8, 4) is 11.8 Å². The highest BCUT2D eigenvalue weighted by atomic mass is 32.1. The maximum atomic E-state index is 12.4. The quantitative estimate of drug-likeness (QED) is 0.853. The Hall–Kier alpha value is -2.29. The molecule has 0 saturated carbocycles. The van der Waals surface area contributed by atoms with Gasteiger partial charge in [0.25, 0.3) is 0 Å².